The fourth-order valence-corrected chi connectivity index (χ4v) is 7.10. The van der Waals surface area contributed by atoms with Gasteiger partial charge in [0.1, 0.15) is 12.1 Å². The van der Waals surface area contributed by atoms with Crippen LogP contribution in [0.5, 0.6) is 0 Å². The summed E-state index contributed by atoms with van der Waals surface area (Å²) in [5, 5.41) is 4.11. The first-order valence-corrected chi connectivity index (χ1v) is 15.2. The average molecular weight is 582 g/mol. The Morgan fingerprint density at radius 2 is 1.69 bits per heavy atom. The number of carbonyl (C=O) groups is 4. The molecule has 42 heavy (non-hydrogen) atoms. The molecule has 2 aliphatic rings. The zero-order valence-corrected chi connectivity index (χ0v) is 23.9. The van der Waals surface area contributed by atoms with Gasteiger partial charge in [-0.3, -0.25) is 29.1 Å². The molecule has 4 amide bonds. The number of amides is 4. The number of para-hydroxylation sites is 1. The largest absolute Gasteiger partial charge is 0.361 e. The minimum atomic E-state index is -1.12. The van der Waals surface area contributed by atoms with Crippen LogP contribution in [-0.2, 0) is 22.6 Å². The highest BCUT2D eigenvalue weighted by atomic mass is 32.2. The van der Waals surface area contributed by atoms with Crippen molar-refractivity contribution in [1.29, 1.82) is 0 Å². The molecule has 0 bridgehead atoms. The summed E-state index contributed by atoms with van der Waals surface area (Å²) < 4.78 is 0. The molecule has 2 aliphatic heterocycles. The van der Waals surface area contributed by atoms with Gasteiger partial charge in [-0.2, -0.15) is 11.8 Å². The second-order valence-electron chi connectivity index (χ2n) is 10.6. The summed E-state index contributed by atoms with van der Waals surface area (Å²) in [6.07, 6.45) is 6.75. The van der Waals surface area contributed by atoms with E-state index < -0.39 is 29.8 Å². The zero-order chi connectivity index (χ0) is 29.1. The summed E-state index contributed by atoms with van der Waals surface area (Å²) in [7, 11) is 0. The maximum Gasteiger partial charge on any atom is 0.262 e. The van der Waals surface area contributed by atoms with Crippen LogP contribution in [0.25, 0.3) is 10.9 Å². The number of aromatic amines is 1. The third-order valence-electron chi connectivity index (χ3n) is 8.19. The van der Waals surface area contributed by atoms with E-state index in [1.165, 1.54) is 0 Å². The summed E-state index contributed by atoms with van der Waals surface area (Å²) in [5.74, 6) is -0.215. The maximum absolute atomic E-state index is 14.2. The number of hydrogen-bond acceptors (Lipinski definition) is 6. The van der Waals surface area contributed by atoms with Crippen LogP contribution in [0.3, 0.4) is 0 Å². The molecule has 0 saturated carbocycles. The Balaban J connectivity index is 1.31. The van der Waals surface area contributed by atoms with Crippen molar-refractivity contribution in [2.45, 2.75) is 31.3 Å². The summed E-state index contributed by atoms with van der Waals surface area (Å²) in [6.45, 7) is 0.115. The predicted octanol–water partition coefficient (Wildman–Crippen LogP) is 3.81. The fraction of sp³-hybridized carbons (Fsp3) is 0.281. The molecule has 0 spiro atoms. The molecule has 1 saturated heterocycles. The second-order valence-corrected chi connectivity index (χ2v) is 11.8. The maximum atomic E-state index is 14.2. The van der Waals surface area contributed by atoms with Gasteiger partial charge in [0.2, 0.25) is 11.8 Å². The van der Waals surface area contributed by atoms with Crippen LogP contribution in [0.1, 0.15) is 44.7 Å². The number of imide groups is 1. The average Bonchev–Trinajstić information content (AvgIpc) is 3.55. The summed E-state index contributed by atoms with van der Waals surface area (Å²) in [5.41, 5.74) is 2.34. The van der Waals surface area contributed by atoms with Crippen molar-refractivity contribution in [2.75, 3.05) is 24.6 Å². The van der Waals surface area contributed by atoms with Crippen LogP contribution >= 0.6 is 11.8 Å². The van der Waals surface area contributed by atoms with E-state index in [2.05, 4.69) is 15.3 Å². The van der Waals surface area contributed by atoms with E-state index >= 15 is 0 Å². The van der Waals surface area contributed by atoms with Gasteiger partial charge >= 0.3 is 0 Å². The molecular formula is C32H31N5O4S. The van der Waals surface area contributed by atoms with Crippen LogP contribution in [0.2, 0.25) is 0 Å². The Labute approximate surface area is 247 Å². The highest BCUT2D eigenvalue weighted by Gasteiger charge is 2.48. The number of hydrogen-bond donors (Lipinski definition) is 2. The van der Waals surface area contributed by atoms with Crippen molar-refractivity contribution in [3.63, 3.8) is 0 Å². The van der Waals surface area contributed by atoms with Gasteiger partial charge in [-0.15, -0.1) is 0 Å². The summed E-state index contributed by atoms with van der Waals surface area (Å²) >= 11 is 1.75. The van der Waals surface area contributed by atoms with Gasteiger partial charge in [-0.05, 0) is 66.2 Å². The smallest absolute Gasteiger partial charge is 0.262 e. The zero-order valence-electron chi connectivity index (χ0n) is 23.0. The molecule has 0 aliphatic carbocycles. The van der Waals surface area contributed by atoms with E-state index in [9.17, 15) is 19.2 Å². The molecule has 2 aromatic heterocycles. The number of H-pyrrole nitrogens is 1. The Kier molecular flexibility index (Phi) is 7.80. The van der Waals surface area contributed by atoms with E-state index in [4.69, 9.17) is 0 Å². The number of fused-ring (bicyclic) bond motifs is 2. The first-order valence-electron chi connectivity index (χ1n) is 14.0. The minimum Gasteiger partial charge on any atom is -0.361 e. The molecule has 10 heteroatoms. The van der Waals surface area contributed by atoms with Crippen molar-refractivity contribution in [3.8, 4) is 0 Å². The molecule has 2 N–H and O–H groups in total. The SMILES string of the molecule is O=C1c2ccccc2C(=O)N1CC(=O)N(CCc1c[nH]c2ccccc12)C1(C(=O)NCc2cccnc2)CCSCC1. The van der Waals surface area contributed by atoms with Crippen LogP contribution < -0.4 is 5.32 Å². The molecule has 6 rings (SSSR count). The third-order valence-corrected chi connectivity index (χ3v) is 9.17. The van der Waals surface area contributed by atoms with E-state index in [0.717, 1.165) is 26.9 Å². The molecule has 9 nitrogen and oxygen atoms in total. The lowest BCUT2D eigenvalue weighted by Crippen LogP contribution is -2.64. The van der Waals surface area contributed by atoms with Crippen molar-refractivity contribution in [1.82, 2.24) is 25.1 Å². The lowest BCUT2D eigenvalue weighted by atomic mass is 9.87. The molecule has 0 radical (unpaired) electrons. The van der Waals surface area contributed by atoms with Gasteiger partial charge in [0.25, 0.3) is 11.8 Å². The third kappa shape index (κ3) is 5.18. The highest BCUT2D eigenvalue weighted by Crippen LogP contribution is 2.35. The monoisotopic (exact) mass is 581 g/mol. The van der Waals surface area contributed by atoms with E-state index in [1.807, 2.05) is 42.6 Å². The first-order chi connectivity index (χ1) is 20.5. The molecule has 0 unspecified atom stereocenters. The lowest BCUT2D eigenvalue weighted by Gasteiger charge is -2.45. The van der Waals surface area contributed by atoms with Crippen molar-refractivity contribution >= 4 is 46.3 Å². The van der Waals surface area contributed by atoms with Crippen LogP contribution in [0.4, 0.5) is 0 Å². The van der Waals surface area contributed by atoms with Gasteiger partial charge in [0, 0.05) is 42.6 Å². The van der Waals surface area contributed by atoms with Gasteiger partial charge in [0.15, 0.2) is 0 Å². The summed E-state index contributed by atoms with van der Waals surface area (Å²) in [4.78, 5) is 64.6. The van der Waals surface area contributed by atoms with Crippen LogP contribution in [-0.4, -0.2) is 73.5 Å². The second kappa shape index (κ2) is 11.8. The minimum absolute atomic E-state index is 0.235. The predicted molar refractivity (Wildman–Crippen MR) is 161 cm³/mol. The Bertz CT molecular complexity index is 1610. The highest BCUT2D eigenvalue weighted by molar-refractivity contribution is 7.99. The molecule has 214 valence electrons. The summed E-state index contributed by atoms with van der Waals surface area (Å²) in [6, 6.07) is 18.2. The van der Waals surface area contributed by atoms with E-state index in [-0.39, 0.29) is 19.0 Å². The van der Waals surface area contributed by atoms with Gasteiger partial charge in [0.05, 0.1) is 11.1 Å². The molecule has 1 fully saturated rings. The molecular weight excluding hydrogens is 550 g/mol. The van der Waals surface area contributed by atoms with Crippen molar-refractivity contribution in [3.05, 3.63) is 102 Å². The van der Waals surface area contributed by atoms with Gasteiger partial charge in [-0.1, -0.05) is 36.4 Å². The Hall–Kier alpha value is -4.44. The number of nitrogens with zero attached hydrogens (tertiary/aromatic N) is 3. The Morgan fingerprint density at radius 1 is 0.976 bits per heavy atom. The number of nitrogens with one attached hydrogen (secondary N) is 2. The number of thioether (sulfide) groups is 1. The van der Waals surface area contributed by atoms with Gasteiger partial charge < -0.3 is 15.2 Å². The number of benzene rings is 2. The Morgan fingerprint density at radius 3 is 2.40 bits per heavy atom. The normalized spacial score (nSPS) is 16.0. The van der Waals surface area contributed by atoms with E-state index in [1.54, 1.807) is 53.3 Å². The fourth-order valence-electron chi connectivity index (χ4n) is 5.93. The number of pyridine rings is 1. The molecule has 2 aromatic carbocycles. The van der Waals surface area contributed by atoms with E-state index in [0.29, 0.717) is 41.9 Å². The van der Waals surface area contributed by atoms with Crippen molar-refractivity contribution in [2.24, 2.45) is 0 Å². The topological polar surface area (TPSA) is 115 Å². The van der Waals surface area contributed by atoms with Crippen LogP contribution in [0.15, 0.2) is 79.3 Å². The lowest BCUT2D eigenvalue weighted by molar-refractivity contribution is -0.149. The molecule has 4 heterocycles. The van der Waals surface area contributed by atoms with Crippen molar-refractivity contribution < 1.29 is 19.2 Å². The standard InChI is InChI=1S/C32H31N5O4S/c38-28(21-36-29(39)25-8-1-2-9-26(25)30(36)40)37(15-11-23-20-34-27-10-4-3-7-24(23)27)32(12-16-42-17-13-32)31(41)35-19-22-6-5-14-33-18-22/h1-10,14,18,20,34H,11-13,15-17,19,21H2,(H,35,41). The van der Waals surface area contributed by atoms with Gasteiger partial charge in [-0.25, -0.2) is 0 Å². The molecule has 4 aromatic rings. The van der Waals surface area contributed by atoms with Crippen LogP contribution in [0, 0.1) is 0 Å². The molecule has 0 atom stereocenters. The first kappa shape index (κ1) is 27.7. The number of rotatable bonds is 9. The quantitative estimate of drug-likeness (QED) is 0.291. The number of carbonyl (C=O) groups excluding carboxylic acids is 4. The number of aromatic nitrogens is 2.